The van der Waals surface area contributed by atoms with E-state index in [9.17, 15) is 9.90 Å². The zero-order valence-corrected chi connectivity index (χ0v) is 14.8. The Labute approximate surface area is 148 Å². The van der Waals surface area contributed by atoms with Crippen molar-refractivity contribution in [3.05, 3.63) is 53.6 Å². The van der Waals surface area contributed by atoms with Crippen LogP contribution in [0.4, 0.5) is 0 Å². The molecule has 1 unspecified atom stereocenters. The highest BCUT2D eigenvalue weighted by Crippen LogP contribution is 2.31. The van der Waals surface area contributed by atoms with Crippen LogP contribution < -0.4 is 14.2 Å². The Balaban J connectivity index is 2.26. The molecule has 0 spiro atoms. The van der Waals surface area contributed by atoms with Crippen LogP contribution in [-0.4, -0.2) is 31.4 Å². The van der Waals surface area contributed by atoms with Crippen molar-refractivity contribution in [2.75, 3.05) is 20.3 Å². The van der Waals surface area contributed by atoms with Gasteiger partial charge in [0.25, 0.3) is 0 Å². The van der Waals surface area contributed by atoms with Crippen molar-refractivity contribution in [2.24, 2.45) is 0 Å². The molecule has 134 valence electrons. The third-order valence-electron chi connectivity index (χ3n) is 3.86. The third kappa shape index (κ3) is 4.89. The van der Waals surface area contributed by atoms with E-state index >= 15 is 0 Å². The Kier molecular flexibility index (Phi) is 6.69. The molecule has 2 aromatic carbocycles. The van der Waals surface area contributed by atoms with E-state index in [1.54, 1.807) is 31.4 Å². The van der Waals surface area contributed by atoms with Gasteiger partial charge in [-0.15, -0.1) is 0 Å². The average Bonchev–Trinajstić information content (AvgIpc) is 2.62. The van der Waals surface area contributed by atoms with Crippen molar-refractivity contribution >= 4 is 5.97 Å². The molecule has 0 radical (unpaired) electrons. The molecule has 25 heavy (non-hydrogen) atoms. The van der Waals surface area contributed by atoms with E-state index in [0.29, 0.717) is 36.9 Å². The molecule has 2 rings (SSSR count). The van der Waals surface area contributed by atoms with Gasteiger partial charge in [-0.25, -0.2) is 0 Å². The molecule has 5 heteroatoms. The number of rotatable bonds is 9. The molecule has 0 aliphatic carbocycles. The van der Waals surface area contributed by atoms with E-state index in [-0.39, 0.29) is 0 Å². The lowest BCUT2D eigenvalue weighted by Crippen LogP contribution is -2.14. The SMILES string of the molecule is CCOc1ccc(CC(C(=O)O)c2ccc(OC)cc2)cc1OCC. The molecule has 0 aromatic heterocycles. The van der Waals surface area contributed by atoms with Crippen LogP contribution in [-0.2, 0) is 11.2 Å². The Bertz CT molecular complexity index is 694. The van der Waals surface area contributed by atoms with Gasteiger partial charge in [-0.2, -0.15) is 0 Å². The number of hydrogen-bond acceptors (Lipinski definition) is 4. The van der Waals surface area contributed by atoms with Crippen molar-refractivity contribution in [3.63, 3.8) is 0 Å². The normalized spacial score (nSPS) is 11.6. The van der Waals surface area contributed by atoms with Crippen LogP contribution in [0.2, 0.25) is 0 Å². The molecular formula is C20H24O5. The molecule has 1 atom stereocenters. The van der Waals surface area contributed by atoms with Gasteiger partial charge in [-0.3, -0.25) is 4.79 Å². The summed E-state index contributed by atoms with van der Waals surface area (Å²) in [6, 6.07) is 12.7. The van der Waals surface area contributed by atoms with Gasteiger partial charge in [0.2, 0.25) is 0 Å². The predicted molar refractivity (Wildman–Crippen MR) is 95.9 cm³/mol. The summed E-state index contributed by atoms with van der Waals surface area (Å²) in [4.78, 5) is 11.8. The lowest BCUT2D eigenvalue weighted by atomic mass is 9.92. The number of carboxylic acid groups (broad SMARTS) is 1. The maximum Gasteiger partial charge on any atom is 0.311 e. The van der Waals surface area contributed by atoms with E-state index in [4.69, 9.17) is 14.2 Å². The zero-order valence-electron chi connectivity index (χ0n) is 14.8. The van der Waals surface area contributed by atoms with Crippen LogP contribution in [0.5, 0.6) is 17.2 Å². The number of methoxy groups -OCH3 is 1. The van der Waals surface area contributed by atoms with E-state index in [2.05, 4.69) is 0 Å². The second kappa shape index (κ2) is 8.97. The quantitative estimate of drug-likeness (QED) is 0.747. The van der Waals surface area contributed by atoms with Gasteiger partial charge in [-0.05, 0) is 55.7 Å². The average molecular weight is 344 g/mol. The fraction of sp³-hybridized carbons (Fsp3) is 0.350. The second-order valence-electron chi connectivity index (χ2n) is 5.52. The highest BCUT2D eigenvalue weighted by atomic mass is 16.5. The maximum atomic E-state index is 11.8. The molecule has 0 aliphatic rings. The van der Waals surface area contributed by atoms with Crippen molar-refractivity contribution in [1.82, 2.24) is 0 Å². The smallest absolute Gasteiger partial charge is 0.311 e. The molecular weight excluding hydrogens is 320 g/mol. The first-order valence-electron chi connectivity index (χ1n) is 8.34. The molecule has 0 saturated carbocycles. The van der Waals surface area contributed by atoms with Gasteiger partial charge in [0.05, 0.1) is 26.2 Å². The second-order valence-corrected chi connectivity index (χ2v) is 5.52. The number of hydrogen-bond donors (Lipinski definition) is 1. The summed E-state index contributed by atoms with van der Waals surface area (Å²) in [5.74, 6) is 0.507. The number of benzene rings is 2. The summed E-state index contributed by atoms with van der Waals surface area (Å²) in [6.07, 6.45) is 0.369. The van der Waals surface area contributed by atoms with Gasteiger partial charge in [-0.1, -0.05) is 18.2 Å². The molecule has 0 saturated heterocycles. The van der Waals surface area contributed by atoms with Crippen LogP contribution in [0.15, 0.2) is 42.5 Å². The largest absolute Gasteiger partial charge is 0.497 e. The molecule has 0 aliphatic heterocycles. The lowest BCUT2D eigenvalue weighted by Gasteiger charge is -2.16. The standard InChI is InChI=1S/C20H24O5/c1-4-24-18-11-6-14(13-19(18)25-5-2)12-17(20(21)22)15-7-9-16(23-3)10-8-15/h6-11,13,17H,4-5,12H2,1-3H3,(H,21,22). The van der Waals surface area contributed by atoms with Crippen molar-refractivity contribution in [2.45, 2.75) is 26.2 Å². The number of ether oxygens (including phenoxy) is 3. The monoisotopic (exact) mass is 344 g/mol. The Morgan fingerprint density at radius 2 is 1.64 bits per heavy atom. The fourth-order valence-electron chi connectivity index (χ4n) is 2.64. The van der Waals surface area contributed by atoms with E-state index < -0.39 is 11.9 Å². The number of aliphatic carboxylic acids is 1. The highest BCUT2D eigenvalue weighted by molar-refractivity contribution is 5.76. The molecule has 0 fully saturated rings. The zero-order chi connectivity index (χ0) is 18.2. The summed E-state index contributed by atoms with van der Waals surface area (Å²) >= 11 is 0. The van der Waals surface area contributed by atoms with Gasteiger partial charge in [0, 0.05) is 0 Å². The fourth-order valence-corrected chi connectivity index (χ4v) is 2.64. The van der Waals surface area contributed by atoms with Crippen LogP contribution in [0, 0.1) is 0 Å². The van der Waals surface area contributed by atoms with Crippen molar-refractivity contribution < 1.29 is 24.1 Å². The molecule has 0 heterocycles. The molecule has 0 amide bonds. The van der Waals surface area contributed by atoms with E-state index in [1.807, 2.05) is 32.0 Å². The Morgan fingerprint density at radius 1 is 1.00 bits per heavy atom. The highest BCUT2D eigenvalue weighted by Gasteiger charge is 2.21. The summed E-state index contributed by atoms with van der Waals surface area (Å²) in [5, 5.41) is 9.64. The van der Waals surface area contributed by atoms with Gasteiger partial charge >= 0.3 is 5.97 Å². The topological polar surface area (TPSA) is 65.0 Å². The van der Waals surface area contributed by atoms with Crippen LogP contribution in [0.3, 0.4) is 0 Å². The van der Waals surface area contributed by atoms with Crippen molar-refractivity contribution in [3.8, 4) is 17.2 Å². The Hall–Kier alpha value is -2.69. The first-order chi connectivity index (χ1) is 12.1. The minimum Gasteiger partial charge on any atom is -0.497 e. The van der Waals surface area contributed by atoms with Gasteiger partial charge in [0.1, 0.15) is 5.75 Å². The first kappa shape index (κ1) is 18.6. The van der Waals surface area contributed by atoms with E-state index in [0.717, 1.165) is 11.1 Å². The first-order valence-corrected chi connectivity index (χ1v) is 8.34. The van der Waals surface area contributed by atoms with Crippen LogP contribution >= 0.6 is 0 Å². The summed E-state index contributed by atoms with van der Waals surface area (Å²) in [7, 11) is 1.58. The van der Waals surface area contributed by atoms with Crippen LogP contribution in [0.1, 0.15) is 30.9 Å². The van der Waals surface area contributed by atoms with Crippen molar-refractivity contribution in [1.29, 1.82) is 0 Å². The Morgan fingerprint density at radius 3 is 2.20 bits per heavy atom. The third-order valence-corrected chi connectivity index (χ3v) is 3.86. The number of carbonyl (C=O) groups is 1. The summed E-state index contributed by atoms with van der Waals surface area (Å²) < 4.78 is 16.3. The molecule has 2 aromatic rings. The maximum absolute atomic E-state index is 11.8. The van der Waals surface area contributed by atoms with Gasteiger partial charge in [0.15, 0.2) is 11.5 Å². The lowest BCUT2D eigenvalue weighted by molar-refractivity contribution is -0.138. The molecule has 1 N–H and O–H groups in total. The van der Waals surface area contributed by atoms with Gasteiger partial charge < -0.3 is 19.3 Å². The molecule has 0 bridgehead atoms. The summed E-state index contributed by atoms with van der Waals surface area (Å²) in [6.45, 7) is 4.88. The minimum atomic E-state index is -0.864. The number of carboxylic acids is 1. The predicted octanol–water partition coefficient (Wildman–Crippen LogP) is 3.90. The minimum absolute atomic E-state index is 0.369. The molecule has 5 nitrogen and oxygen atoms in total. The summed E-state index contributed by atoms with van der Waals surface area (Å²) in [5.41, 5.74) is 1.62. The van der Waals surface area contributed by atoms with E-state index in [1.165, 1.54) is 0 Å². The van der Waals surface area contributed by atoms with Crippen LogP contribution in [0.25, 0.3) is 0 Å².